The van der Waals surface area contributed by atoms with Crippen LogP contribution in [0.15, 0.2) is 6.20 Å². The third-order valence-corrected chi connectivity index (χ3v) is 3.84. The average Bonchev–Trinajstić information content (AvgIpc) is 2.63. The molecule has 0 amide bonds. The first-order valence-electron chi connectivity index (χ1n) is 5.75. The highest BCUT2D eigenvalue weighted by atomic mass is 32.1. The molecule has 92 valence electrons. The molecular formula is C12H22N2OS. The minimum Gasteiger partial charge on any atom is -0.396 e. The standard InChI is InChI=1S/C12H22N2OS/c1-9(2)11-13-7-10(16-11)8-14-12(3,4)5-6-15/h7,9,14-15H,5-6,8H2,1-4H3. The molecule has 2 N–H and O–H groups in total. The Kier molecular flexibility index (Phi) is 4.89. The predicted octanol–water partition coefficient (Wildman–Crippen LogP) is 2.52. The lowest BCUT2D eigenvalue weighted by atomic mass is 10.0. The maximum absolute atomic E-state index is 8.93. The smallest absolute Gasteiger partial charge is 0.0953 e. The molecule has 0 aliphatic heterocycles. The fraction of sp³-hybridized carbons (Fsp3) is 0.750. The van der Waals surface area contributed by atoms with Crippen LogP contribution < -0.4 is 5.32 Å². The Morgan fingerprint density at radius 1 is 1.50 bits per heavy atom. The van der Waals surface area contributed by atoms with Crippen molar-refractivity contribution in [1.29, 1.82) is 0 Å². The molecule has 0 unspecified atom stereocenters. The molecule has 0 saturated carbocycles. The Balaban J connectivity index is 2.48. The highest BCUT2D eigenvalue weighted by Crippen LogP contribution is 2.21. The van der Waals surface area contributed by atoms with Gasteiger partial charge in [0.15, 0.2) is 0 Å². The molecule has 0 bridgehead atoms. The summed E-state index contributed by atoms with van der Waals surface area (Å²) in [5.41, 5.74) is -0.0171. The molecule has 16 heavy (non-hydrogen) atoms. The highest BCUT2D eigenvalue weighted by Gasteiger charge is 2.16. The van der Waals surface area contributed by atoms with E-state index in [-0.39, 0.29) is 12.1 Å². The molecule has 1 rings (SSSR count). The number of aromatic nitrogens is 1. The Hall–Kier alpha value is -0.450. The van der Waals surface area contributed by atoms with Gasteiger partial charge in [0.05, 0.1) is 5.01 Å². The molecule has 1 heterocycles. The van der Waals surface area contributed by atoms with E-state index in [4.69, 9.17) is 5.11 Å². The van der Waals surface area contributed by atoms with Gasteiger partial charge < -0.3 is 10.4 Å². The van der Waals surface area contributed by atoms with Gasteiger partial charge in [0.25, 0.3) is 0 Å². The summed E-state index contributed by atoms with van der Waals surface area (Å²) in [6.45, 7) is 9.58. The number of aliphatic hydroxyl groups excluding tert-OH is 1. The second kappa shape index (κ2) is 5.75. The Morgan fingerprint density at radius 3 is 2.69 bits per heavy atom. The minimum absolute atomic E-state index is 0.0171. The largest absolute Gasteiger partial charge is 0.396 e. The topological polar surface area (TPSA) is 45.2 Å². The van der Waals surface area contributed by atoms with Gasteiger partial charge in [-0.15, -0.1) is 11.3 Å². The van der Waals surface area contributed by atoms with Gasteiger partial charge in [0.2, 0.25) is 0 Å². The monoisotopic (exact) mass is 242 g/mol. The van der Waals surface area contributed by atoms with E-state index in [1.165, 1.54) is 9.88 Å². The third-order valence-electron chi connectivity index (χ3n) is 2.54. The summed E-state index contributed by atoms with van der Waals surface area (Å²) >= 11 is 1.76. The molecule has 0 aliphatic rings. The summed E-state index contributed by atoms with van der Waals surface area (Å²) in [5.74, 6) is 0.504. The van der Waals surface area contributed by atoms with E-state index in [1.807, 2.05) is 6.20 Å². The van der Waals surface area contributed by atoms with Crippen molar-refractivity contribution in [3.63, 3.8) is 0 Å². The van der Waals surface area contributed by atoms with Crippen molar-refractivity contribution in [2.45, 2.75) is 52.1 Å². The van der Waals surface area contributed by atoms with Gasteiger partial charge in [-0.25, -0.2) is 4.98 Å². The average molecular weight is 242 g/mol. The van der Waals surface area contributed by atoms with E-state index in [9.17, 15) is 0 Å². The van der Waals surface area contributed by atoms with E-state index in [1.54, 1.807) is 11.3 Å². The lowest BCUT2D eigenvalue weighted by molar-refractivity contribution is 0.230. The molecule has 0 atom stereocenters. The van der Waals surface area contributed by atoms with Crippen molar-refractivity contribution in [2.75, 3.05) is 6.61 Å². The van der Waals surface area contributed by atoms with Gasteiger partial charge >= 0.3 is 0 Å². The zero-order valence-corrected chi connectivity index (χ0v) is 11.4. The van der Waals surface area contributed by atoms with E-state index in [0.717, 1.165) is 13.0 Å². The zero-order chi connectivity index (χ0) is 12.2. The van der Waals surface area contributed by atoms with Crippen molar-refractivity contribution in [2.24, 2.45) is 0 Å². The van der Waals surface area contributed by atoms with Crippen molar-refractivity contribution in [1.82, 2.24) is 10.3 Å². The van der Waals surface area contributed by atoms with Crippen LogP contribution in [0.25, 0.3) is 0 Å². The van der Waals surface area contributed by atoms with Crippen LogP contribution in [0.2, 0.25) is 0 Å². The van der Waals surface area contributed by atoms with Crippen molar-refractivity contribution < 1.29 is 5.11 Å². The van der Waals surface area contributed by atoms with Crippen LogP contribution in [0.3, 0.4) is 0 Å². The lowest BCUT2D eigenvalue weighted by Crippen LogP contribution is -2.39. The maximum Gasteiger partial charge on any atom is 0.0953 e. The molecule has 0 fully saturated rings. The fourth-order valence-electron chi connectivity index (χ4n) is 1.37. The van der Waals surface area contributed by atoms with Crippen molar-refractivity contribution in [3.05, 3.63) is 16.1 Å². The van der Waals surface area contributed by atoms with Crippen LogP contribution >= 0.6 is 11.3 Å². The molecule has 4 heteroatoms. The summed E-state index contributed by atoms with van der Waals surface area (Å²) in [5, 5.41) is 13.6. The van der Waals surface area contributed by atoms with E-state index < -0.39 is 0 Å². The molecule has 0 aliphatic carbocycles. The molecule has 0 aromatic carbocycles. The number of aliphatic hydroxyl groups is 1. The number of rotatable bonds is 6. The molecule has 3 nitrogen and oxygen atoms in total. The Morgan fingerprint density at radius 2 is 2.19 bits per heavy atom. The van der Waals surface area contributed by atoms with Gasteiger partial charge in [-0.2, -0.15) is 0 Å². The normalized spacial score (nSPS) is 12.4. The van der Waals surface area contributed by atoms with E-state index in [2.05, 4.69) is 38.0 Å². The van der Waals surface area contributed by atoms with Gasteiger partial charge in [-0.1, -0.05) is 13.8 Å². The summed E-state index contributed by atoms with van der Waals surface area (Å²) in [6.07, 6.45) is 2.71. The van der Waals surface area contributed by atoms with Crippen molar-refractivity contribution in [3.8, 4) is 0 Å². The Bertz CT molecular complexity index is 321. The van der Waals surface area contributed by atoms with Crippen LogP contribution in [0.4, 0.5) is 0 Å². The second-order valence-electron chi connectivity index (χ2n) is 5.03. The number of nitrogens with zero attached hydrogens (tertiary/aromatic N) is 1. The zero-order valence-electron chi connectivity index (χ0n) is 10.6. The first-order valence-corrected chi connectivity index (χ1v) is 6.57. The fourth-order valence-corrected chi connectivity index (χ4v) is 2.23. The SMILES string of the molecule is CC(C)c1ncc(CNC(C)(C)CCO)s1. The quantitative estimate of drug-likeness (QED) is 0.805. The van der Waals surface area contributed by atoms with E-state index in [0.29, 0.717) is 5.92 Å². The molecule has 1 aromatic heterocycles. The molecular weight excluding hydrogens is 220 g/mol. The number of hydrogen-bond donors (Lipinski definition) is 2. The first-order chi connectivity index (χ1) is 7.44. The number of thiazole rings is 1. The van der Waals surface area contributed by atoms with Crippen LogP contribution in [0.5, 0.6) is 0 Å². The predicted molar refractivity (Wildman–Crippen MR) is 68.8 cm³/mol. The van der Waals surface area contributed by atoms with Gasteiger partial charge in [-0.05, 0) is 20.3 Å². The maximum atomic E-state index is 8.93. The van der Waals surface area contributed by atoms with Crippen LogP contribution in [0, 0.1) is 0 Å². The second-order valence-corrected chi connectivity index (χ2v) is 6.18. The summed E-state index contributed by atoms with van der Waals surface area (Å²) in [6, 6.07) is 0. The number of hydrogen-bond acceptors (Lipinski definition) is 4. The van der Waals surface area contributed by atoms with Crippen LogP contribution in [0.1, 0.15) is 49.9 Å². The minimum atomic E-state index is -0.0171. The lowest BCUT2D eigenvalue weighted by Gasteiger charge is -2.24. The van der Waals surface area contributed by atoms with Gasteiger partial charge in [0.1, 0.15) is 0 Å². The van der Waals surface area contributed by atoms with Crippen LogP contribution in [-0.4, -0.2) is 22.2 Å². The number of nitrogens with one attached hydrogen (secondary N) is 1. The molecule has 0 radical (unpaired) electrons. The molecule has 0 saturated heterocycles. The van der Waals surface area contributed by atoms with Crippen molar-refractivity contribution >= 4 is 11.3 Å². The summed E-state index contributed by atoms with van der Waals surface area (Å²) < 4.78 is 0. The Labute approximate surface area is 102 Å². The molecule has 1 aromatic rings. The van der Waals surface area contributed by atoms with Gasteiger partial charge in [-0.3, -0.25) is 0 Å². The summed E-state index contributed by atoms with van der Waals surface area (Å²) in [7, 11) is 0. The third kappa shape index (κ3) is 4.20. The first kappa shape index (κ1) is 13.6. The molecule has 0 spiro atoms. The van der Waals surface area contributed by atoms with Gasteiger partial charge in [0, 0.05) is 35.7 Å². The van der Waals surface area contributed by atoms with E-state index >= 15 is 0 Å². The highest BCUT2D eigenvalue weighted by molar-refractivity contribution is 7.11. The summed E-state index contributed by atoms with van der Waals surface area (Å²) in [4.78, 5) is 5.65. The van der Waals surface area contributed by atoms with Crippen LogP contribution in [-0.2, 0) is 6.54 Å².